The van der Waals surface area contributed by atoms with Crippen molar-refractivity contribution in [3.8, 4) is 0 Å². The molecule has 2 aromatic rings. The lowest BCUT2D eigenvalue weighted by Gasteiger charge is -2.55. The molecule has 4 aliphatic carbocycles. The van der Waals surface area contributed by atoms with Crippen LogP contribution in [0.3, 0.4) is 0 Å². The van der Waals surface area contributed by atoms with Crippen LogP contribution in [0.5, 0.6) is 0 Å². The minimum absolute atomic E-state index is 0.000255. The molecule has 4 heteroatoms. The summed E-state index contributed by atoms with van der Waals surface area (Å²) in [5.41, 5.74) is 1.05. The lowest BCUT2D eigenvalue weighted by molar-refractivity contribution is -0.393. The van der Waals surface area contributed by atoms with Gasteiger partial charge in [-0.15, -0.1) is 0 Å². The van der Waals surface area contributed by atoms with Gasteiger partial charge in [0.1, 0.15) is 11.1 Å². The number of nitro groups is 1. The molecule has 0 aliphatic heterocycles. The molecule has 0 N–H and O–H groups in total. The first-order chi connectivity index (χ1) is 10.6. The van der Waals surface area contributed by atoms with Gasteiger partial charge in [0.25, 0.3) is 0 Å². The Kier molecular flexibility index (Phi) is 2.37. The molecule has 22 heavy (non-hydrogen) atoms. The number of hydrogen-bond donors (Lipinski definition) is 0. The van der Waals surface area contributed by atoms with Gasteiger partial charge in [-0.1, -0.05) is 18.2 Å². The fraction of sp³-hybridized carbons (Fsp3) is 0.556. The van der Waals surface area contributed by atoms with Crippen LogP contribution in [-0.4, -0.2) is 9.49 Å². The molecule has 6 rings (SSSR count). The van der Waals surface area contributed by atoms with E-state index in [2.05, 4.69) is 10.6 Å². The average molecular weight is 296 g/mol. The summed E-state index contributed by atoms with van der Waals surface area (Å²) in [6.07, 6.45) is 7.47. The summed E-state index contributed by atoms with van der Waals surface area (Å²) in [6.45, 7) is 0. The maximum Gasteiger partial charge on any atom is 0.324 e. The molecular formula is C18H20N2O2. The lowest BCUT2D eigenvalue weighted by atomic mass is 9.53. The minimum Gasteiger partial charge on any atom is -0.358 e. The number of hydrogen-bond acceptors (Lipinski definition) is 2. The van der Waals surface area contributed by atoms with Gasteiger partial charge in [0, 0.05) is 11.5 Å². The van der Waals surface area contributed by atoms with Crippen LogP contribution in [0, 0.1) is 27.9 Å². The third-order valence-electron chi connectivity index (χ3n) is 6.36. The number of rotatable bonds is 2. The first-order valence-corrected chi connectivity index (χ1v) is 8.40. The van der Waals surface area contributed by atoms with E-state index in [4.69, 9.17) is 0 Å². The molecule has 4 aliphatic rings. The highest BCUT2D eigenvalue weighted by molar-refractivity contribution is 5.84. The van der Waals surface area contributed by atoms with Gasteiger partial charge in [0.15, 0.2) is 0 Å². The van der Waals surface area contributed by atoms with Gasteiger partial charge < -0.3 is 10.1 Å². The number of nitrogens with zero attached hydrogens (tertiary/aromatic N) is 2. The van der Waals surface area contributed by atoms with Crippen molar-refractivity contribution in [2.75, 3.05) is 0 Å². The third-order valence-corrected chi connectivity index (χ3v) is 6.36. The summed E-state index contributed by atoms with van der Waals surface area (Å²) in [7, 11) is 0. The molecule has 4 saturated carbocycles. The van der Waals surface area contributed by atoms with E-state index in [1.54, 1.807) is 6.07 Å². The molecular weight excluding hydrogens is 276 g/mol. The first kappa shape index (κ1) is 12.7. The zero-order chi connectivity index (χ0) is 14.9. The molecule has 0 radical (unpaired) electrons. The lowest BCUT2D eigenvalue weighted by Crippen LogP contribution is -2.51. The van der Waals surface area contributed by atoms with Gasteiger partial charge in [-0.05, 0) is 67.3 Å². The Balaban J connectivity index is 1.76. The highest BCUT2D eigenvalue weighted by atomic mass is 16.6. The quantitative estimate of drug-likeness (QED) is 0.606. The molecule has 0 amide bonds. The van der Waals surface area contributed by atoms with E-state index in [0.717, 1.165) is 47.9 Å². The van der Waals surface area contributed by atoms with Crippen LogP contribution in [-0.2, 0) is 5.54 Å². The molecule has 0 spiro atoms. The van der Waals surface area contributed by atoms with Crippen molar-refractivity contribution >= 4 is 16.7 Å². The second-order valence-corrected chi connectivity index (χ2v) is 7.80. The number of benzene rings is 1. The van der Waals surface area contributed by atoms with E-state index in [1.807, 2.05) is 18.2 Å². The molecule has 0 unspecified atom stereocenters. The normalized spacial score (nSPS) is 36.1. The van der Waals surface area contributed by atoms with Crippen molar-refractivity contribution in [3.05, 3.63) is 40.4 Å². The largest absolute Gasteiger partial charge is 0.358 e. The molecule has 0 atom stereocenters. The monoisotopic (exact) mass is 296 g/mol. The van der Waals surface area contributed by atoms with Crippen LogP contribution in [0.1, 0.15) is 38.5 Å². The Morgan fingerprint density at radius 1 is 1.05 bits per heavy atom. The highest BCUT2D eigenvalue weighted by Gasteiger charge is 2.55. The number of para-hydroxylation sites is 1. The molecule has 1 aromatic carbocycles. The van der Waals surface area contributed by atoms with E-state index in [1.165, 1.54) is 19.3 Å². The van der Waals surface area contributed by atoms with Crippen molar-refractivity contribution < 1.29 is 4.92 Å². The van der Waals surface area contributed by atoms with Crippen LogP contribution >= 0.6 is 0 Å². The van der Waals surface area contributed by atoms with Gasteiger partial charge in [-0.25, -0.2) is 4.57 Å². The summed E-state index contributed by atoms with van der Waals surface area (Å²) in [5, 5.41) is 12.7. The Morgan fingerprint density at radius 2 is 1.64 bits per heavy atom. The van der Waals surface area contributed by atoms with Crippen molar-refractivity contribution in [2.45, 2.75) is 44.1 Å². The maximum absolute atomic E-state index is 11.7. The fourth-order valence-corrected chi connectivity index (χ4v) is 6.11. The molecule has 0 saturated heterocycles. The van der Waals surface area contributed by atoms with Crippen molar-refractivity contribution in [1.82, 2.24) is 4.57 Å². The summed E-state index contributed by atoms with van der Waals surface area (Å²) in [4.78, 5) is 11.5. The molecule has 114 valence electrons. The summed E-state index contributed by atoms with van der Waals surface area (Å²) in [6, 6.07) is 9.80. The number of aromatic nitrogens is 1. The first-order valence-electron chi connectivity index (χ1n) is 8.40. The molecule has 1 heterocycles. The summed E-state index contributed by atoms with van der Waals surface area (Å²) >= 11 is 0. The molecule has 4 bridgehead atoms. The van der Waals surface area contributed by atoms with Gasteiger partial charge in [0.2, 0.25) is 0 Å². The predicted octanol–water partition coefficient (Wildman–Crippen LogP) is 4.47. The van der Waals surface area contributed by atoms with E-state index in [9.17, 15) is 10.1 Å². The van der Waals surface area contributed by atoms with Crippen LogP contribution in [0.2, 0.25) is 0 Å². The third kappa shape index (κ3) is 1.58. The molecule has 1 aromatic heterocycles. The summed E-state index contributed by atoms with van der Waals surface area (Å²) < 4.78 is 2.12. The molecule has 4 nitrogen and oxygen atoms in total. The Morgan fingerprint density at radius 3 is 2.23 bits per heavy atom. The zero-order valence-electron chi connectivity index (χ0n) is 12.6. The summed E-state index contributed by atoms with van der Waals surface area (Å²) in [5.74, 6) is 2.65. The SMILES string of the molecule is O=[N+]([O-])c1cc2ccccc2n1C12CC3CC(CC(C3)C1)C2. The fourth-order valence-electron chi connectivity index (χ4n) is 6.11. The van der Waals surface area contributed by atoms with E-state index in [0.29, 0.717) is 5.82 Å². The second kappa shape index (κ2) is 4.12. The Bertz CT molecular complexity index is 741. The van der Waals surface area contributed by atoms with E-state index < -0.39 is 0 Å². The van der Waals surface area contributed by atoms with Crippen molar-refractivity contribution in [1.29, 1.82) is 0 Å². The second-order valence-electron chi connectivity index (χ2n) is 7.80. The van der Waals surface area contributed by atoms with Crippen molar-refractivity contribution in [2.24, 2.45) is 17.8 Å². The van der Waals surface area contributed by atoms with Crippen LogP contribution in [0.15, 0.2) is 30.3 Å². The topological polar surface area (TPSA) is 48.1 Å². The van der Waals surface area contributed by atoms with Gasteiger partial charge in [-0.3, -0.25) is 0 Å². The van der Waals surface area contributed by atoms with Crippen LogP contribution in [0.25, 0.3) is 10.9 Å². The van der Waals surface area contributed by atoms with Gasteiger partial charge in [0.05, 0.1) is 0 Å². The van der Waals surface area contributed by atoms with Gasteiger partial charge >= 0.3 is 5.82 Å². The van der Waals surface area contributed by atoms with Crippen molar-refractivity contribution in [3.63, 3.8) is 0 Å². The standard InChI is InChI=1S/C18H20N2O2/c21-20(22)17-8-15-3-1-2-4-16(15)19(17)18-9-12-5-13(10-18)7-14(6-12)11-18/h1-4,8,12-14H,5-7,9-11H2. The maximum atomic E-state index is 11.7. The Labute approximate surface area is 129 Å². The Hall–Kier alpha value is -1.84. The zero-order valence-corrected chi connectivity index (χ0v) is 12.6. The van der Waals surface area contributed by atoms with Gasteiger partial charge in [-0.2, -0.15) is 0 Å². The molecule has 4 fully saturated rings. The van der Waals surface area contributed by atoms with Crippen LogP contribution < -0.4 is 0 Å². The predicted molar refractivity (Wildman–Crippen MR) is 84.7 cm³/mol. The number of fused-ring (bicyclic) bond motifs is 1. The highest BCUT2D eigenvalue weighted by Crippen LogP contribution is 2.60. The smallest absolute Gasteiger partial charge is 0.324 e. The van der Waals surface area contributed by atoms with Crippen LogP contribution in [0.4, 0.5) is 5.82 Å². The van der Waals surface area contributed by atoms with E-state index in [-0.39, 0.29) is 10.5 Å². The van der Waals surface area contributed by atoms with E-state index >= 15 is 0 Å². The minimum atomic E-state index is -0.182. The average Bonchev–Trinajstić information content (AvgIpc) is 2.86.